The van der Waals surface area contributed by atoms with Crippen molar-refractivity contribution in [2.45, 2.75) is 26.7 Å². The Balaban J connectivity index is 2.69. The second-order valence-corrected chi connectivity index (χ2v) is 4.59. The molecule has 0 bridgehead atoms. The maximum absolute atomic E-state index is 12.2. The van der Waals surface area contributed by atoms with Crippen LogP contribution in [0.25, 0.3) is 0 Å². The number of benzene rings is 1. The van der Waals surface area contributed by atoms with Gasteiger partial charge in [-0.05, 0) is 13.8 Å². The molecule has 0 saturated carbocycles. The van der Waals surface area contributed by atoms with Crippen molar-refractivity contribution in [1.82, 2.24) is 4.90 Å². The number of esters is 1. The van der Waals surface area contributed by atoms with E-state index in [9.17, 15) is 19.7 Å². The maximum atomic E-state index is 12.2. The molecule has 1 rings (SSSR count). The predicted octanol–water partition coefficient (Wildman–Crippen LogP) is 1.94. The van der Waals surface area contributed by atoms with Gasteiger partial charge in [-0.15, -0.1) is 0 Å². The number of rotatable bonds is 8. The molecule has 0 radical (unpaired) electrons. The van der Waals surface area contributed by atoms with Gasteiger partial charge in [0.05, 0.1) is 24.4 Å². The molecule has 7 nitrogen and oxygen atoms in total. The molecule has 0 saturated heterocycles. The molecule has 1 aromatic carbocycles. The van der Waals surface area contributed by atoms with Crippen molar-refractivity contribution in [3.05, 3.63) is 39.9 Å². The Morgan fingerprint density at radius 2 is 1.95 bits per heavy atom. The van der Waals surface area contributed by atoms with E-state index in [0.29, 0.717) is 18.7 Å². The van der Waals surface area contributed by atoms with Gasteiger partial charge in [-0.25, -0.2) is 0 Å². The molecule has 0 fully saturated rings. The number of carbonyl (C=O) groups excluding carboxylic acids is 2. The van der Waals surface area contributed by atoms with Crippen molar-refractivity contribution in [1.29, 1.82) is 0 Å². The first-order valence-electron chi connectivity index (χ1n) is 7.15. The number of hydrogen-bond donors (Lipinski definition) is 0. The van der Waals surface area contributed by atoms with Gasteiger partial charge in [-0.2, -0.15) is 0 Å². The lowest BCUT2D eigenvalue weighted by Crippen LogP contribution is -2.34. The van der Waals surface area contributed by atoms with Crippen molar-refractivity contribution in [3.8, 4) is 0 Å². The van der Waals surface area contributed by atoms with E-state index in [0.717, 1.165) is 0 Å². The average Bonchev–Trinajstić information content (AvgIpc) is 2.48. The van der Waals surface area contributed by atoms with Gasteiger partial charge < -0.3 is 9.64 Å². The molecule has 0 aliphatic rings. The second kappa shape index (κ2) is 8.76. The van der Waals surface area contributed by atoms with Crippen LogP contribution in [0.1, 0.15) is 25.8 Å². The van der Waals surface area contributed by atoms with Crippen LogP contribution in [-0.2, 0) is 20.7 Å². The predicted molar refractivity (Wildman–Crippen MR) is 80.3 cm³/mol. The third-order valence-electron chi connectivity index (χ3n) is 3.16. The number of ether oxygens (including phenoxy) is 1. The Bertz CT molecular complexity index is 544. The van der Waals surface area contributed by atoms with Crippen molar-refractivity contribution in [3.63, 3.8) is 0 Å². The highest BCUT2D eigenvalue weighted by Crippen LogP contribution is 2.18. The summed E-state index contributed by atoms with van der Waals surface area (Å²) in [6.45, 7) is 4.49. The topological polar surface area (TPSA) is 89.8 Å². The summed E-state index contributed by atoms with van der Waals surface area (Å²) >= 11 is 0. The lowest BCUT2D eigenvalue weighted by Gasteiger charge is -2.20. The third-order valence-corrected chi connectivity index (χ3v) is 3.16. The molecule has 0 N–H and O–H groups in total. The highest BCUT2D eigenvalue weighted by Gasteiger charge is 2.19. The molecule has 0 spiro atoms. The van der Waals surface area contributed by atoms with E-state index in [1.807, 2.05) is 0 Å². The summed E-state index contributed by atoms with van der Waals surface area (Å²) in [6.07, 6.45) is 0.0537. The summed E-state index contributed by atoms with van der Waals surface area (Å²) in [7, 11) is 0. The Morgan fingerprint density at radius 3 is 2.55 bits per heavy atom. The molecule has 0 atom stereocenters. The fourth-order valence-corrected chi connectivity index (χ4v) is 2.03. The van der Waals surface area contributed by atoms with E-state index in [2.05, 4.69) is 0 Å². The van der Waals surface area contributed by atoms with Gasteiger partial charge >= 0.3 is 5.97 Å². The number of hydrogen-bond acceptors (Lipinski definition) is 5. The van der Waals surface area contributed by atoms with E-state index in [1.165, 1.54) is 11.0 Å². The second-order valence-electron chi connectivity index (χ2n) is 4.59. The van der Waals surface area contributed by atoms with Crippen LogP contribution in [0.3, 0.4) is 0 Å². The quantitative estimate of drug-likeness (QED) is 0.416. The van der Waals surface area contributed by atoms with E-state index in [4.69, 9.17) is 4.74 Å². The Morgan fingerprint density at radius 1 is 1.27 bits per heavy atom. The molecule has 120 valence electrons. The van der Waals surface area contributed by atoms with Gasteiger partial charge in [0, 0.05) is 24.7 Å². The van der Waals surface area contributed by atoms with Gasteiger partial charge in [-0.3, -0.25) is 19.7 Å². The largest absolute Gasteiger partial charge is 0.466 e. The Labute approximate surface area is 129 Å². The minimum absolute atomic E-state index is 0.0617. The number of amides is 1. The molecule has 0 aromatic heterocycles. The lowest BCUT2D eigenvalue weighted by atomic mass is 10.1. The first kappa shape index (κ1) is 17.6. The van der Waals surface area contributed by atoms with Crippen LogP contribution in [0.2, 0.25) is 0 Å². The van der Waals surface area contributed by atoms with Gasteiger partial charge in [0.2, 0.25) is 5.91 Å². The molecule has 1 amide bonds. The number of carbonyl (C=O) groups is 2. The van der Waals surface area contributed by atoms with Crippen molar-refractivity contribution < 1.29 is 19.2 Å². The zero-order valence-corrected chi connectivity index (χ0v) is 12.8. The fourth-order valence-electron chi connectivity index (χ4n) is 2.03. The zero-order chi connectivity index (χ0) is 16.5. The monoisotopic (exact) mass is 308 g/mol. The summed E-state index contributed by atoms with van der Waals surface area (Å²) in [5.41, 5.74) is 0.296. The minimum Gasteiger partial charge on any atom is -0.466 e. The van der Waals surface area contributed by atoms with Gasteiger partial charge in [0.1, 0.15) is 0 Å². The van der Waals surface area contributed by atoms with Crippen LogP contribution in [-0.4, -0.2) is 41.4 Å². The molecule has 0 aliphatic carbocycles. The average molecular weight is 308 g/mol. The highest BCUT2D eigenvalue weighted by molar-refractivity contribution is 5.80. The Kier molecular flexibility index (Phi) is 7.01. The lowest BCUT2D eigenvalue weighted by molar-refractivity contribution is -0.385. The zero-order valence-electron chi connectivity index (χ0n) is 12.8. The smallest absolute Gasteiger partial charge is 0.307 e. The minimum atomic E-state index is -0.502. The van der Waals surface area contributed by atoms with E-state index in [-0.39, 0.29) is 37.0 Å². The number of nitrogens with zero attached hydrogens (tertiary/aromatic N) is 2. The summed E-state index contributed by atoms with van der Waals surface area (Å²) in [5, 5.41) is 10.9. The van der Waals surface area contributed by atoms with Crippen LogP contribution in [0.4, 0.5) is 5.69 Å². The third kappa shape index (κ3) is 5.16. The standard InChI is InChI=1S/C15H20N2O5/c1-3-16(10-9-15(19)22-4-2)14(18)11-12-7-5-6-8-13(12)17(20)21/h5-8H,3-4,9-11H2,1-2H3. The van der Waals surface area contributed by atoms with E-state index < -0.39 is 4.92 Å². The van der Waals surface area contributed by atoms with Crippen molar-refractivity contribution in [2.75, 3.05) is 19.7 Å². The van der Waals surface area contributed by atoms with Gasteiger partial charge in [0.25, 0.3) is 5.69 Å². The molecule has 0 heterocycles. The first-order chi connectivity index (χ1) is 10.5. The van der Waals surface area contributed by atoms with Crippen LogP contribution in [0.5, 0.6) is 0 Å². The van der Waals surface area contributed by atoms with Crippen molar-refractivity contribution >= 4 is 17.6 Å². The molecule has 22 heavy (non-hydrogen) atoms. The number of nitro groups is 1. The summed E-state index contributed by atoms with van der Waals surface area (Å²) in [6, 6.07) is 6.15. The summed E-state index contributed by atoms with van der Waals surface area (Å²) in [5.74, 6) is -0.611. The molecular weight excluding hydrogens is 288 g/mol. The van der Waals surface area contributed by atoms with Crippen molar-refractivity contribution in [2.24, 2.45) is 0 Å². The normalized spacial score (nSPS) is 10.1. The van der Waals surface area contributed by atoms with E-state index in [1.54, 1.807) is 32.0 Å². The SMILES string of the molecule is CCOC(=O)CCN(CC)C(=O)Cc1ccccc1[N+](=O)[O-]. The van der Waals surface area contributed by atoms with Crippen LogP contribution < -0.4 is 0 Å². The molecule has 7 heteroatoms. The molecule has 1 aromatic rings. The summed E-state index contributed by atoms with van der Waals surface area (Å²) < 4.78 is 4.82. The van der Waals surface area contributed by atoms with Crippen LogP contribution >= 0.6 is 0 Å². The van der Waals surface area contributed by atoms with E-state index >= 15 is 0 Å². The number of para-hydroxylation sites is 1. The summed E-state index contributed by atoms with van der Waals surface area (Å²) in [4.78, 5) is 35.5. The first-order valence-corrected chi connectivity index (χ1v) is 7.15. The number of likely N-dealkylation sites (N-methyl/N-ethyl adjacent to an activating group) is 1. The molecular formula is C15H20N2O5. The Hall–Kier alpha value is -2.44. The van der Waals surface area contributed by atoms with Crippen LogP contribution in [0, 0.1) is 10.1 Å². The van der Waals surface area contributed by atoms with Gasteiger partial charge in [-0.1, -0.05) is 18.2 Å². The number of nitro benzene ring substituents is 1. The maximum Gasteiger partial charge on any atom is 0.307 e. The molecule has 0 aliphatic heterocycles. The van der Waals surface area contributed by atoms with Crippen LogP contribution in [0.15, 0.2) is 24.3 Å². The molecule has 0 unspecified atom stereocenters. The highest BCUT2D eigenvalue weighted by atomic mass is 16.6. The fraction of sp³-hybridized carbons (Fsp3) is 0.467. The van der Waals surface area contributed by atoms with Gasteiger partial charge in [0.15, 0.2) is 0 Å².